The zero-order chi connectivity index (χ0) is 16.8. The molecule has 1 atom stereocenters. The number of aryl methyl sites for hydroxylation is 1. The highest BCUT2D eigenvalue weighted by Gasteiger charge is 2.16. The lowest BCUT2D eigenvalue weighted by Gasteiger charge is -2.14. The molecule has 0 radical (unpaired) electrons. The van der Waals surface area contributed by atoms with Gasteiger partial charge in [0.15, 0.2) is 0 Å². The van der Waals surface area contributed by atoms with E-state index in [1.54, 1.807) is 6.07 Å². The van der Waals surface area contributed by atoms with E-state index < -0.39 is 11.8 Å². The smallest absolute Gasteiger partial charge is 0.313 e. The third-order valence-electron chi connectivity index (χ3n) is 4.00. The van der Waals surface area contributed by atoms with Gasteiger partial charge >= 0.3 is 11.8 Å². The first-order valence-corrected chi connectivity index (χ1v) is 7.69. The van der Waals surface area contributed by atoms with E-state index in [1.165, 1.54) is 0 Å². The van der Waals surface area contributed by atoms with E-state index >= 15 is 0 Å². The molecule has 0 aliphatic heterocycles. The Labute approximate surface area is 136 Å². The van der Waals surface area contributed by atoms with Gasteiger partial charge in [-0.15, -0.1) is 0 Å². The highest BCUT2D eigenvalue weighted by atomic mass is 16.2. The van der Waals surface area contributed by atoms with Crippen molar-refractivity contribution < 1.29 is 9.59 Å². The van der Waals surface area contributed by atoms with Crippen LogP contribution in [0.4, 0.5) is 5.69 Å². The molecule has 120 valence electrons. The molecule has 2 amide bonds. The van der Waals surface area contributed by atoms with Crippen molar-refractivity contribution in [2.75, 3.05) is 11.9 Å². The highest BCUT2D eigenvalue weighted by Crippen LogP contribution is 2.18. The fourth-order valence-corrected chi connectivity index (χ4v) is 2.29. The van der Waals surface area contributed by atoms with Gasteiger partial charge in [0.1, 0.15) is 0 Å². The molecule has 2 rings (SSSR count). The maximum Gasteiger partial charge on any atom is 0.313 e. The summed E-state index contributed by atoms with van der Waals surface area (Å²) in [5.74, 6) is -1.11. The van der Waals surface area contributed by atoms with Crippen LogP contribution in [0.15, 0.2) is 48.5 Å². The van der Waals surface area contributed by atoms with Gasteiger partial charge in [0.25, 0.3) is 0 Å². The first-order chi connectivity index (χ1) is 11.0. The molecule has 0 saturated carbocycles. The average Bonchev–Trinajstić information content (AvgIpc) is 2.57. The van der Waals surface area contributed by atoms with Crippen LogP contribution in [0.5, 0.6) is 0 Å². The second-order valence-corrected chi connectivity index (χ2v) is 5.72. The van der Waals surface area contributed by atoms with E-state index in [-0.39, 0.29) is 5.92 Å². The normalized spacial score (nSPS) is 11.6. The van der Waals surface area contributed by atoms with E-state index in [2.05, 4.69) is 10.6 Å². The fraction of sp³-hybridized carbons (Fsp3) is 0.263. The van der Waals surface area contributed by atoms with Crippen LogP contribution in [0.1, 0.15) is 29.5 Å². The number of carbonyl (C=O) groups is 2. The largest absolute Gasteiger partial charge is 0.347 e. The van der Waals surface area contributed by atoms with Gasteiger partial charge in [0.2, 0.25) is 0 Å². The first-order valence-electron chi connectivity index (χ1n) is 7.69. The molecule has 2 aromatic carbocycles. The quantitative estimate of drug-likeness (QED) is 0.852. The minimum Gasteiger partial charge on any atom is -0.347 e. The van der Waals surface area contributed by atoms with Crippen molar-refractivity contribution in [2.45, 2.75) is 26.7 Å². The lowest BCUT2D eigenvalue weighted by atomic mass is 10.0. The molecule has 0 saturated heterocycles. The van der Waals surface area contributed by atoms with Crippen molar-refractivity contribution in [3.63, 3.8) is 0 Å². The Morgan fingerprint density at radius 1 is 0.957 bits per heavy atom. The van der Waals surface area contributed by atoms with Crippen molar-refractivity contribution >= 4 is 17.5 Å². The highest BCUT2D eigenvalue weighted by molar-refractivity contribution is 6.39. The monoisotopic (exact) mass is 310 g/mol. The number of anilines is 1. The fourth-order valence-electron chi connectivity index (χ4n) is 2.29. The molecule has 2 N–H and O–H groups in total. The molecule has 4 heteroatoms. The van der Waals surface area contributed by atoms with Crippen LogP contribution >= 0.6 is 0 Å². The number of hydrogen-bond donors (Lipinski definition) is 2. The standard InChI is InChI=1S/C19H22N2O2/c1-13-8-7-11-17(15(13)3)21-19(23)18(22)20-12-14(2)16-9-5-4-6-10-16/h4-11,14H,12H2,1-3H3,(H,20,22)(H,21,23)/t14-/m1/s1. The molecular formula is C19H22N2O2. The zero-order valence-electron chi connectivity index (χ0n) is 13.7. The van der Waals surface area contributed by atoms with E-state index in [9.17, 15) is 9.59 Å². The van der Waals surface area contributed by atoms with Crippen molar-refractivity contribution in [2.24, 2.45) is 0 Å². The molecule has 2 aromatic rings. The summed E-state index contributed by atoms with van der Waals surface area (Å²) < 4.78 is 0. The van der Waals surface area contributed by atoms with Crippen LogP contribution < -0.4 is 10.6 Å². The predicted molar refractivity (Wildman–Crippen MR) is 92.4 cm³/mol. The molecule has 4 nitrogen and oxygen atoms in total. The number of amides is 2. The van der Waals surface area contributed by atoms with Gasteiger partial charge in [0.05, 0.1) is 0 Å². The third kappa shape index (κ3) is 4.42. The summed E-state index contributed by atoms with van der Waals surface area (Å²) in [5.41, 5.74) is 3.83. The Morgan fingerprint density at radius 2 is 1.65 bits per heavy atom. The van der Waals surface area contributed by atoms with E-state index in [0.717, 1.165) is 16.7 Å². The minimum atomic E-state index is -0.640. The van der Waals surface area contributed by atoms with E-state index in [4.69, 9.17) is 0 Å². The Hall–Kier alpha value is -2.62. The lowest BCUT2D eigenvalue weighted by Crippen LogP contribution is -2.37. The number of carbonyl (C=O) groups excluding carboxylic acids is 2. The van der Waals surface area contributed by atoms with Crippen molar-refractivity contribution in [1.82, 2.24) is 5.32 Å². The Kier molecular flexibility index (Phi) is 5.52. The summed E-state index contributed by atoms with van der Waals surface area (Å²) in [6.07, 6.45) is 0. The summed E-state index contributed by atoms with van der Waals surface area (Å²) >= 11 is 0. The topological polar surface area (TPSA) is 58.2 Å². The Balaban J connectivity index is 1.90. The van der Waals surface area contributed by atoms with Crippen LogP contribution in [0.25, 0.3) is 0 Å². The third-order valence-corrected chi connectivity index (χ3v) is 4.00. The molecule has 0 unspecified atom stereocenters. The van der Waals surface area contributed by atoms with E-state index in [0.29, 0.717) is 12.2 Å². The molecule has 0 spiro atoms. The van der Waals surface area contributed by atoms with Crippen LogP contribution in [0, 0.1) is 13.8 Å². The van der Waals surface area contributed by atoms with Gasteiger partial charge in [-0.1, -0.05) is 49.4 Å². The number of benzene rings is 2. The van der Waals surface area contributed by atoms with Gasteiger partial charge < -0.3 is 10.6 Å². The van der Waals surface area contributed by atoms with Gasteiger partial charge in [-0.2, -0.15) is 0 Å². The van der Waals surface area contributed by atoms with Gasteiger partial charge in [-0.3, -0.25) is 9.59 Å². The zero-order valence-corrected chi connectivity index (χ0v) is 13.7. The average molecular weight is 310 g/mol. The summed E-state index contributed by atoms with van der Waals surface area (Å²) in [4.78, 5) is 24.0. The predicted octanol–water partition coefficient (Wildman–Crippen LogP) is 3.16. The second kappa shape index (κ2) is 7.58. The van der Waals surface area contributed by atoms with Crippen LogP contribution in [-0.4, -0.2) is 18.4 Å². The maximum atomic E-state index is 12.0. The molecule has 23 heavy (non-hydrogen) atoms. The molecule has 0 aromatic heterocycles. The molecule has 0 heterocycles. The summed E-state index contributed by atoms with van der Waals surface area (Å²) in [6, 6.07) is 15.5. The maximum absolute atomic E-state index is 12.0. The molecule has 0 aliphatic rings. The van der Waals surface area contributed by atoms with E-state index in [1.807, 2.05) is 63.2 Å². The van der Waals surface area contributed by atoms with Gasteiger partial charge in [-0.25, -0.2) is 0 Å². The van der Waals surface area contributed by atoms with Gasteiger partial charge in [-0.05, 0) is 42.5 Å². The second-order valence-electron chi connectivity index (χ2n) is 5.72. The van der Waals surface area contributed by atoms with Crippen molar-refractivity contribution in [3.8, 4) is 0 Å². The van der Waals surface area contributed by atoms with Crippen molar-refractivity contribution in [1.29, 1.82) is 0 Å². The first kappa shape index (κ1) is 16.7. The van der Waals surface area contributed by atoms with Gasteiger partial charge in [0, 0.05) is 12.2 Å². The van der Waals surface area contributed by atoms with Crippen LogP contribution in [-0.2, 0) is 9.59 Å². The molecular weight excluding hydrogens is 288 g/mol. The number of nitrogens with one attached hydrogen (secondary N) is 2. The number of hydrogen-bond acceptors (Lipinski definition) is 2. The van der Waals surface area contributed by atoms with Crippen molar-refractivity contribution in [3.05, 3.63) is 65.2 Å². The lowest BCUT2D eigenvalue weighted by molar-refractivity contribution is -0.136. The summed E-state index contributed by atoms with van der Waals surface area (Å²) in [6.45, 7) is 6.31. The van der Waals surface area contributed by atoms with Crippen LogP contribution in [0.3, 0.4) is 0 Å². The van der Waals surface area contributed by atoms with Crippen LogP contribution in [0.2, 0.25) is 0 Å². The SMILES string of the molecule is Cc1cccc(NC(=O)C(=O)NC[C@@H](C)c2ccccc2)c1C. The number of rotatable bonds is 4. The summed E-state index contributed by atoms with van der Waals surface area (Å²) in [5, 5.41) is 5.35. The molecule has 0 aliphatic carbocycles. The Bertz CT molecular complexity index is 696. The Morgan fingerprint density at radius 3 is 2.35 bits per heavy atom. The summed E-state index contributed by atoms with van der Waals surface area (Å²) in [7, 11) is 0. The molecule has 0 bridgehead atoms. The minimum absolute atomic E-state index is 0.147. The molecule has 0 fully saturated rings.